The monoisotopic (exact) mass is 244 g/mol. The summed E-state index contributed by atoms with van der Waals surface area (Å²) in [6.07, 6.45) is 2.82. The first-order valence-electron chi connectivity index (χ1n) is 5.75. The fraction of sp³-hybridized carbons (Fsp3) is 0.214. The van der Waals surface area contributed by atoms with E-state index in [1.54, 1.807) is 24.4 Å². The van der Waals surface area contributed by atoms with Gasteiger partial charge in [0.25, 0.3) is 0 Å². The molecule has 0 saturated carbocycles. The SMILES string of the molecule is Cn1cccc1C(O)CN=Cc1ccccc1O. The normalized spacial score (nSPS) is 13.0. The lowest BCUT2D eigenvalue weighted by Crippen LogP contribution is -2.06. The molecule has 0 spiro atoms. The highest BCUT2D eigenvalue weighted by Gasteiger charge is 2.08. The number of aliphatic hydroxyl groups excluding tert-OH is 1. The van der Waals surface area contributed by atoms with Crippen molar-refractivity contribution < 1.29 is 10.2 Å². The van der Waals surface area contributed by atoms with Gasteiger partial charge in [-0.1, -0.05) is 12.1 Å². The highest BCUT2D eigenvalue weighted by atomic mass is 16.3. The number of aliphatic hydroxyl groups is 1. The largest absolute Gasteiger partial charge is 0.507 e. The van der Waals surface area contributed by atoms with Crippen molar-refractivity contribution in [1.82, 2.24) is 4.57 Å². The molecule has 1 atom stereocenters. The molecule has 1 unspecified atom stereocenters. The van der Waals surface area contributed by atoms with E-state index in [1.165, 1.54) is 0 Å². The molecule has 0 bridgehead atoms. The minimum absolute atomic E-state index is 0.189. The van der Waals surface area contributed by atoms with Crippen molar-refractivity contribution in [3.63, 3.8) is 0 Å². The van der Waals surface area contributed by atoms with E-state index in [-0.39, 0.29) is 12.3 Å². The second kappa shape index (κ2) is 5.51. The Morgan fingerprint density at radius 3 is 2.72 bits per heavy atom. The zero-order valence-electron chi connectivity index (χ0n) is 10.2. The van der Waals surface area contributed by atoms with Gasteiger partial charge in [0.05, 0.1) is 6.54 Å². The third kappa shape index (κ3) is 2.78. The maximum absolute atomic E-state index is 9.94. The van der Waals surface area contributed by atoms with Gasteiger partial charge in [0.15, 0.2) is 0 Å². The Bertz CT molecular complexity index is 546. The third-order valence-electron chi connectivity index (χ3n) is 2.77. The van der Waals surface area contributed by atoms with E-state index in [2.05, 4.69) is 4.99 Å². The fourth-order valence-electron chi connectivity index (χ4n) is 1.76. The summed E-state index contributed by atoms with van der Waals surface area (Å²) >= 11 is 0. The van der Waals surface area contributed by atoms with E-state index in [4.69, 9.17) is 0 Å². The zero-order valence-corrected chi connectivity index (χ0v) is 10.2. The lowest BCUT2D eigenvalue weighted by molar-refractivity contribution is 0.179. The Kier molecular flexibility index (Phi) is 3.79. The molecule has 0 aliphatic carbocycles. The fourth-order valence-corrected chi connectivity index (χ4v) is 1.76. The van der Waals surface area contributed by atoms with Crippen molar-refractivity contribution >= 4 is 6.21 Å². The molecular formula is C14H16N2O2. The highest BCUT2D eigenvalue weighted by molar-refractivity contribution is 5.83. The molecule has 1 aromatic carbocycles. The Morgan fingerprint density at radius 2 is 2.06 bits per heavy atom. The summed E-state index contributed by atoms with van der Waals surface area (Å²) in [6.45, 7) is 0.270. The molecule has 0 saturated heterocycles. The van der Waals surface area contributed by atoms with Crippen molar-refractivity contribution in [2.24, 2.45) is 12.0 Å². The predicted molar refractivity (Wildman–Crippen MR) is 70.9 cm³/mol. The Morgan fingerprint density at radius 1 is 1.28 bits per heavy atom. The van der Waals surface area contributed by atoms with Gasteiger partial charge in [-0.2, -0.15) is 0 Å². The van der Waals surface area contributed by atoms with Gasteiger partial charge in [0.2, 0.25) is 0 Å². The van der Waals surface area contributed by atoms with E-state index < -0.39 is 6.10 Å². The maximum atomic E-state index is 9.94. The summed E-state index contributed by atoms with van der Waals surface area (Å²) in [5.41, 5.74) is 1.47. The first-order chi connectivity index (χ1) is 8.68. The molecule has 0 aliphatic heterocycles. The number of aryl methyl sites for hydroxylation is 1. The number of aliphatic imine (C=N–C) groups is 1. The van der Waals surface area contributed by atoms with Gasteiger partial charge < -0.3 is 14.8 Å². The van der Waals surface area contributed by atoms with Crippen molar-refractivity contribution in [3.05, 3.63) is 53.9 Å². The lowest BCUT2D eigenvalue weighted by Gasteiger charge is -2.08. The van der Waals surface area contributed by atoms with Crippen LogP contribution in [0.5, 0.6) is 5.75 Å². The third-order valence-corrected chi connectivity index (χ3v) is 2.77. The second-order valence-electron chi connectivity index (χ2n) is 4.11. The summed E-state index contributed by atoms with van der Waals surface area (Å²) < 4.78 is 1.86. The average molecular weight is 244 g/mol. The average Bonchev–Trinajstić information content (AvgIpc) is 2.78. The molecule has 2 aromatic rings. The maximum Gasteiger partial charge on any atom is 0.124 e. The minimum atomic E-state index is -0.632. The Hall–Kier alpha value is -2.07. The van der Waals surface area contributed by atoms with E-state index in [1.807, 2.05) is 36.0 Å². The molecule has 4 heteroatoms. The van der Waals surface area contributed by atoms with E-state index in [0.29, 0.717) is 5.56 Å². The number of para-hydroxylation sites is 1. The van der Waals surface area contributed by atoms with Crippen LogP contribution in [0.15, 0.2) is 47.6 Å². The molecule has 94 valence electrons. The van der Waals surface area contributed by atoms with Crippen LogP contribution in [0.3, 0.4) is 0 Å². The van der Waals surface area contributed by atoms with Gasteiger partial charge in [-0.3, -0.25) is 4.99 Å². The number of nitrogens with zero attached hydrogens (tertiary/aromatic N) is 2. The summed E-state index contributed by atoms with van der Waals surface area (Å²) in [5, 5.41) is 19.5. The van der Waals surface area contributed by atoms with Gasteiger partial charge in [-0.05, 0) is 24.3 Å². The van der Waals surface area contributed by atoms with Crippen molar-refractivity contribution in [1.29, 1.82) is 0 Å². The number of rotatable bonds is 4. The van der Waals surface area contributed by atoms with Crippen molar-refractivity contribution in [2.45, 2.75) is 6.10 Å². The quantitative estimate of drug-likeness (QED) is 0.807. The van der Waals surface area contributed by atoms with Crippen molar-refractivity contribution in [3.8, 4) is 5.75 Å². The molecule has 1 heterocycles. The standard InChI is InChI=1S/C14H16N2O2/c1-16-8-4-6-12(16)14(18)10-15-9-11-5-2-3-7-13(11)17/h2-9,14,17-18H,10H2,1H3. The van der Waals surface area contributed by atoms with Crippen LogP contribution in [0.4, 0.5) is 0 Å². The molecule has 2 N–H and O–H groups in total. The summed E-state index contributed by atoms with van der Waals surface area (Å²) in [6, 6.07) is 10.7. The number of hydrogen-bond donors (Lipinski definition) is 2. The van der Waals surface area contributed by atoms with Gasteiger partial charge >= 0.3 is 0 Å². The van der Waals surface area contributed by atoms with Crippen LogP contribution in [0.25, 0.3) is 0 Å². The van der Waals surface area contributed by atoms with E-state index in [0.717, 1.165) is 5.69 Å². The number of phenols is 1. The molecular weight excluding hydrogens is 228 g/mol. The number of aromatic nitrogens is 1. The summed E-state index contributed by atoms with van der Waals surface area (Å²) in [5.74, 6) is 0.189. The minimum Gasteiger partial charge on any atom is -0.507 e. The first kappa shape index (κ1) is 12.4. The van der Waals surface area contributed by atoms with Gasteiger partial charge in [0, 0.05) is 30.7 Å². The van der Waals surface area contributed by atoms with Gasteiger partial charge in [-0.25, -0.2) is 0 Å². The van der Waals surface area contributed by atoms with Crippen LogP contribution < -0.4 is 0 Å². The molecule has 4 nitrogen and oxygen atoms in total. The smallest absolute Gasteiger partial charge is 0.124 e. The molecule has 0 fully saturated rings. The van der Waals surface area contributed by atoms with E-state index in [9.17, 15) is 10.2 Å². The summed E-state index contributed by atoms with van der Waals surface area (Å²) in [7, 11) is 1.88. The van der Waals surface area contributed by atoms with Crippen LogP contribution in [-0.2, 0) is 7.05 Å². The zero-order chi connectivity index (χ0) is 13.0. The molecule has 2 rings (SSSR count). The highest BCUT2D eigenvalue weighted by Crippen LogP contribution is 2.15. The number of phenolic OH excluding ortho intramolecular Hbond substituents is 1. The first-order valence-corrected chi connectivity index (χ1v) is 5.75. The molecule has 0 aliphatic rings. The predicted octanol–water partition coefficient (Wildman–Crippen LogP) is 1.88. The van der Waals surface area contributed by atoms with Crippen LogP contribution in [-0.4, -0.2) is 27.5 Å². The second-order valence-corrected chi connectivity index (χ2v) is 4.11. The molecule has 1 aromatic heterocycles. The van der Waals surface area contributed by atoms with Gasteiger partial charge in [0.1, 0.15) is 11.9 Å². The van der Waals surface area contributed by atoms with Crippen LogP contribution >= 0.6 is 0 Å². The number of benzene rings is 1. The number of hydrogen-bond acceptors (Lipinski definition) is 3. The summed E-state index contributed by atoms with van der Waals surface area (Å²) in [4.78, 5) is 4.15. The number of aromatic hydroxyl groups is 1. The Labute approximate surface area is 106 Å². The molecule has 0 radical (unpaired) electrons. The van der Waals surface area contributed by atoms with E-state index >= 15 is 0 Å². The van der Waals surface area contributed by atoms with Crippen LogP contribution in [0.2, 0.25) is 0 Å². The van der Waals surface area contributed by atoms with Crippen LogP contribution in [0.1, 0.15) is 17.4 Å². The Balaban J connectivity index is 2.00. The molecule has 18 heavy (non-hydrogen) atoms. The topological polar surface area (TPSA) is 57.8 Å². The molecule has 0 amide bonds. The van der Waals surface area contributed by atoms with Crippen LogP contribution in [0, 0.1) is 0 Å². The lowest BCUT2D eigenvalue weighted by atomic mass is 10.2. The van der Waals surface area contributed by atoms with Gasteiger partial charge in [-0.15, -0.1) is 0 Å². The van der Waals surface area contributed by atoms with Crippen molar-refractivity contribution in [2.75, 3.05) is 6.54 Å².